The molecule has 0 aromatic heterocycles. The molecular weight excluding hydrogens is 216 g/mol. The number of hydrogen-bond donors (Lipinski definition) is 0. The van der Waals surface area contributed by atoms with Crippen molar-refractivity contribution in [3.8, 4) is 0 Å². The Morgan fingerprint density at radius 2 is 1.65 bits per heavy atom. The van der Waals surface area contributed by atoms with E-state index in [9.17, 15) is 9.59 Å². The molecule has 0 unspecified atom stereocenters. The van der Waals surface area contributed by atoms with Gasteiger partial charge >= 0.3 is 5.97 Å². The topological polar surface area (TPSA) is 43.4 Å². The van der Waals surface area contributed by atoms with Crippen LogP contribution >= 0.6 is 0 Å². The summed E-state index contributed by atoms with van der Waals surface area (Å²) in [6.07, 6.45) is 0. The maximum absolute atomic E-state index is 12.0. The number of esters is 1. The summed E-state index contributed by atoms with van der Waals surface area (Å²) in [6.45, 7) is 6.92. The van der Waals surface area contributed by atoms with Gasteiger partial charge in [0.2, 0.25) is 0 Å². The second-order valence-corrected chi connectivity index (χ2v) is 4.99. The van der Waals surface area contributed by atoms with Crippen molar-refractivity contribution in [1.82, 2.24) is 0 Å². The Kier molecular flexibility index (Phi) is 4.05. The van der Waals surface area contributed by atoms with E-state index < -0.39 is 17.5 Å². The molecule has 92 valence electrons. The van der Waals surface area contributed by atoms with Gasteiger partial charge in [-0.2, -0.15) is 0 Å². The van der Waals surface area contributed by atoms with Crippen LogP contribution in [0.2, 0.25) is 0 Å². The highest BCUT2D eigenvalue weighted by Gasteiger charge is 2.27. The molecule has 0 radical (unpaired) electrons. The lowest BCUT2D eigenvalue weighted by molar-refractivity contribution is -0.157. The van der Waals surface area contributed by atoms with Crippen LogP contribution in [0, 0.1) is 5.92 Å². The van der Waals surface area contributed by atoms with E-state index in [0.717, 1.165) is 0 Å². The highest BCUT2D eigenvalue weighted by atomic mass is 16.6. The lowest BCUT2D eigenvalue weighted by Crippen LogP contribution is -2.31. The molecule has 0 N–H and O–H groups in total. The smallest absolute Gasteiger partial charge is 0.317 e. The van der Waals surface area contributed by atoms with Gasteiger partial charge in [-0.25, -0.2) is 0 Å². The van der Waals surface area contributed by atoms with Crippen LogP contribution in [-0.4, -0.2) is 17.4 Å². The zero-order valence-electron chi connectivity index (χ0n) is 10.7. The molecule has 3 heteroatoms. The Hall–Kier alpha value is -1.64. The van der Waals surface area contributed by atoms with Crippen molar-refractivity contribution < 1.29 is 14.3 Å². The number of ketones is 1. The Morgan fingerprint density at radius 1 is 1.12 bits per heavy atom. The van der Waals surface area contributed by atoms with E-state index in [1.807, 2.05) is 6.07 Å². The molecule has 0 saturated carbocycles. The minimum atomic E-state index is -0.767. The van der Waals surface area contributed by atoms with E-state index in [1.54, 1.807) is 52.0 Å². The van der Waals surface area contributed by atoms with Gasteiger partial charge in [0.15, 0.2) is 5.78 Å². The summed E-state index contributed by atoms with van der Waals surface area (Å²) in [5.41, 5.74) is -0.0339. The molecule has 0 spiro atoms. The van der Waals surface area contributed by atoms with Crippen LogP contribution in [0.5, 0.6) is 0 Å². The number of hydrogen-bond acceptors (Lipinski definition) is 3. The average Bonchev–Trinajstić information content (AvgIpc) is 2.26. The molecular formula is C14H18O3. The maximum atomic E-state index is 12.0. The molecule has 1 atom stereocenters. The summed E-state index contributed by atoms with van der Waals surface area (Å²) < 4.78 is 5.18. The molecule has 0 aliphatic carbocycles. The summed E-state index contributed by atoms with van der Waals surface area (Å²) in [4.78, 5) is 23.7. The number of Topliss-reactive ketones (excluding diaryl/α,β-unsaturated/α-hetero) is 1. The molecule has 0 saturated heterocycles. The van der Waals surface area contributed by atoms with Crippen molar-refractivity contribution >= 4 is 11.8 Å². The summed E-state index contributed by atoms with van der Waals surface area (Å²) in [5.74, 6) is -1.46. The first-order valence-corrected chi connectivity index (χ1v) is 5.63. The van der Waals surface area contributed by atoms with Gasteiger partial charge in [0.25, 0.3) is 0 Å². The van der Waals surface area contributed by atoms with Crippen LogP contribution in [-0.2, 0) is 9.53 Å². The van der Waals surface area contributed by atoms with Crippen molar-refractivity contribution in [3.63, 3.8) is 0 Å². The van der Waals surface area contributed by atoms with Gasteiger partial charge < -0.3 is 4.74 Å². The summed E-state index contributed by atoms with van der Waals surface area (Å²) in [5, 5.41) is 0. The third-order valence-corrected chi connectivity index (χ3v) is 2.21. The lowest BCUT2D eigenvalue weighted by Gasteiger charge is -2.21. The third-order valence-electron chi connectivity index (χ3n) is 2.21. The molecule has 1 rings (SSSR count). The van der Waals surface area contributed by atoms with Gasteiger partial charge in [-0.15, -0.1) is 0 Å². The van der Waals surface area contributed by atoms with E-state index in [2.05, 4.69) is 0 Å². The number of carbonyl (C=O) groups is 2. The Balaban J connectivity index is 2.74. The fourth-order valence-corrected chi connectivity index (χ4v) is 1.35. The van der Waals surface area contributed by atoms with Crippen LogP contribution < -0.4 is 0 Å². The number of ether oxygens (including phenoxy) is 1. The first kappa shape index (κ1) is 13.4. The highest BCUT2D eigenvalue weighted by Crippen LogP contribution is 2.15. The van der Waals surface area contributed by atoms with E-state index in [0.29, 0.717) is 5.56 Å². The monoisotopic (exact) mass is 234 g/mol. The van der Waals surface area contributed by atoms with Crippen molar-refractivity contribution in [2.24, 2.45) is 5.92 Å². The summed E-state index contributed by atoms with van der Waals surface area (Å²) >= 11 is 0. The molecule has 0 fully saturated rings. The predicted octanol–water partition coefficient (Wildman–Crippen LogP) is 2.85. The number of carbonyl (C=O) groups excluding carboxylic acids is 2. The molecule has 1 aromatic rings. The lowest BCUT2D eigenvalue weighted by atomic mass is 9.99. The maximum Gasteiger partial charge on any atom is 0.317 e. The zero-order chi connectivity index (χ0) is 13.1. The first-order chi connectivity index (χ1) is 7.81. The van der Waals surface area contributed by atoms with Crippen LogP contribution in [0.1, 0.15) is 38.1 Å². The molecule has 3 nitrogen and oxygen atoms in total. The molecule has 0 amide bonds. The normalized spacial score (nSPS) is 12.9. The predicted molar refractivity (Wildman–Crippen MR) is 65.8 cm³/mol. The minimum absolute atomic E-state index is 0.208. The highest BCUT2D eigenvalue weighted by molar-refractivity contribution is 6.08. The number of benzene rings is 1. The molecule has 17 heavy (non-hydrogen) atoms. The van der Waals surface area contributed by atoms with Crippen molar-refractivity contribution in [1.29, 1.82) is 0 Å². The van der Waals surface area contributed by atoms with Gasteiger partial charge in [0.1, 0.15) is 11.5 Å². The van der Waals surface area contributed by atoms with E-state index >= 15 is 0 Å². The van der Waals surface area contributed by atoms with Crippen LogP contribution in [0.25, 0.3) is 0 Å². The van der Waals surface area contributed by atoms with E-state index in [1.165, 1.54) is 0 Å². The standard InChI is InChI=1S/C14H18O3/c1-10(13(16)17-14(2,3)4)12(15)11-8-6-5-7-9-11/h5-10H,1-4H3/t10-/m0/s1. The summed E-state index contributed by atoms with van der Waals surface area (Å²) in [6, 6.07) is 8.77. The SMILES string of the molecule is C[C@H](C(=O)OC(C)(C)C)C(=O)c1ccccc1. The molecule has 0 aliphatic heterocycles. The van der Waals surface area contributed by atoms with Crippen molar-refractivity contribution in [3.05, 3.63) is 35.9 Å². The fraction of sp³-hybridized carbons (Fsp3) is 0.429. The van der Waals surface area contributed by atoms with Crippen molar-refractivity contribution in [2.75, 3.05) is 0 Å². The largest absolute Gasteiger partial charge is 0.459 e. The number of rotatable bonds is 3. The quantitative estimate of drug-likeness (QED) is 0.459. The summed E-state index contributed by atoms with van der Waals surface area (Å²) in [7, 11) is 0. The molecule has 0 heterocycles. The van der Waals surface area contributed by atoms with Crippen molar-refractivity contribution in [2.45, 2.75) is 33.3 Å². The average molecular weight is 234 g/mol. The zero-order valence-corrected chi connectivity index (χ0v) is 10.7. The van der Waals surface area contributed by atoms with Crippen LogP contribution in [0.15, 0.2) is 30.3 Å². The fourth-order valence-electron chi connectivity index (χ4n) is 1.35. The van der Waals surface area contributed by atoms with Gasteiger partial charge in [-0.3, -0.25) is 9.59 Å². The second kappa shape index (κ2) is 5.13. The van der Waals surface area contributed by atoms with E-state index in [-0.39, 0.29) is 5.78 Å². The van der Waals surface area contributed by atoms with Crippen LogP contribution in [0.3, 0.4) is 0 Å². The Morgan fingerprint density at radius 3 is 2.12 bits per heavy atom. The van der Waals surface area contributed by atoms with Crippen LogP contribution in [0.4, 0.5) is 0 Å². The third kappa shape index (κ3) is 4.02. The van der Waals surface area contributed by atoms with Gasteiger partial charge in [-0.1, -0.05) is 30.3 Å². The van der Waals surface area contributed by atoms with Gasteiger partial charge in [0, 0.05) is 5.56 Å². The molecule has 0 bridgehead atoms. The Labute approximate surface area is 102 Å². The van der Waals surface area contributed by atoms with Gasteiger partial charge in [0.05, 0.1) is 0 Å². The van der Waals surface area contributed by atoms with E-state index in [4.69, 9.17) is 4.74 Å². The molecule has 0 aliphatic rings. The van der Waals surface area contributed by atoms with Gasteiger partial charge in [-0.05, 0) is 27.7 Å². The Bertz CT molecular complexity index is 401. The minimum Gasteiger partial charge on any atom is -0.459 e. The molecule has 1 aromatic carbocycles. The second-order valence-electron chi connectivity index (χ2n) is 4.99. The first-order valence-electron chi connectivity index (χ1n) is 5.63.